The largest absolute Gasteiger partial charge is 0.457 e. The monoisotopic (exact) mass is 464 g/mol. The van der Waals surface area contributed by atoms with Crippen molar-refractivity contribution >= 4 is 40.1 Å². The van der Waals surface area contributed by atoms with Gasteiger partial charge in [-0.1, -0.05) is 47.2 Å². The van der Waals surface area contributed by atoms with Gasteiger partial charge in [0.2, 0.25) is 5.13 Å². The first-order valence-corrected chi connectivity index (χ1v) is 10.5. The summed E-state index contributed by atoms with van der Waals surface area (Å²) in [6, 6.07) is 17.0. The molecule has 6 nitrogen and oxygen atoms in total. The van der Waals surface area contributed by atoms with E-state index < -0.39 is 11.7 Å². The Morgan fingerprint density at radius 3 is 2.78 bits per heavy atom. The molecule has 0 atom stereocenters. The molecule has 0 saturated carbocycles. The lowest BCUT2D eigenvalue weighted by Crippen LogP contribution is -2.13. The fourth-order valence-corrected chi connectivity index (χ4v) is 3.90. The van der Waals surface area contributed by atoms with Gasteiger partial charge in [-0.25, -0.2) is 4.39 Å². The summed E-state index contributed by atoms with van der Waals surface area (Å²) in [7, 11) is 0. The van der Waals surface area contributed by atoms with E-state index in [2.05, 4.69) is 15.5 Å². The molecule has 0 aliphatic carbocycles. The molecule has 0 fully saturated rings. The minimum atomic E-state index is -0.636. The number of rotatable bonds is 5. The Labute approximate surface area is 191 Å². The molecule has 1 N–H and O–H groups in total. The number of furan rings is 1. The van der Waals surface area contributed by atoms with E-state index in [1.165, 1.54) is 35.6 Å². The number of anilines is 1. The lowest BCUT2D eigenvalue weighted by atomic mass is 10.1. The molecule has 0 unspecified atom stereocenters. The molecule has 9 heteroatoms. The average Bonchev–Trinajstić information content (AvgIpc) is 3.44. The summed E-state index contributed by atoms with van der Waals surface area (Å²) in [6.07, 6.45) is 1.31. The molecule has 0 aliphatic heterocycles. The molecule has 1 amide bonds. The van der Waals surface area contributed by atoms with Crippen LogP contribution in [-0.4, -0.2) is 16.1 Å². The van der Waals surface area contributed by atoms with Gasteiger partial charge in [0.05, 0.1) is 5.02 Å². The summed E-state index contributed by atoms with van der Waals surface area (Å²) in [5.41, 5.74) is 2.35. The van der Waals surface area contributed by atoms with Gasteiger partial charge in [0.1, 0.15) is 34.0 Å². The van der Waals surface area contributed by atoms with Crippen LogP contribution in [0, 0.1) is 24.1 Å². The second-order valence-electron chi connectivity index (χ2n) is 6.68. The Bertz CT molecular complexity index is 1390. The summed E-state index contributed by atoms with van der Waals surface area (Å²) in [6.45, 7) is 1.96. The number of halogens is 2. The highest BCUT2D eigenvalue weighted by molar-refractivity contribution is 7.18. The first-order valence-electron chi connectivity index (χ1n) is 9.32. The second-order valence-corrected chi connectivity index (χ2v) is 8.07. The van der Waals surface area contributed by atoms with Crippen LogP contribution in [0.25, 0.3) is 28.0 Å². The molecular weight excluding hydrogens is 451 g/mol. The molecule has 2 heterocycles. The van der Waals surface area contributed by atoms with Crippen LogP contribution in [0.4, 0.5) is 9.52 Å². The van der Waals surface area contributed by atoms with Crippen LogP contribution in [0.5, 0.6) is 0 Å². The second kappa shape index (κ2) is 9.14. The highest BCUT2D eigenvalue weighted by Gasteiger charge is 2.15. The number of hydrogen-bond acceptors (Lipinski definition) is 6. The Morgan fingerprint density at radius 1 is 1.22 bits per heavy atom. The van der Waals surface area contributed by atoms with Crippen molar-refractivity contribution in [2.24, 2.45) is 0 Å². The number of hydrogen-bond donors (Lipinski definition) is 1. The standard InChI is InChI=1S/C23H14ClFN4O2S/c1-13-4-2-3-5-17(13)22-28-29-23(32-22)27-21(30)15(12-26)10-16-7-9-20(31-16)14-6-8-19(25)18(24)11-14/h2-11H,1H3,(H,27,29,30)/b15-10-. The van der Waals surface area contributed by atoms with E-state index in [1.54, 1.807) is 12.1 Å². The predicted octanol–water partition coefficient (Wildman–Crippen LogP) is 6.11. The van der Waals surface area contributed by atoms with Crippen LogP contribution in [0.1, 0.15) is 11.3 Å². The molecule has 0 spiro atoms. The molecule has 32 heavy (non-hydrogen) atoms. The number of benzene rings is 2. The maximum Gasteiger partial charge on any atom is 0.268 e. The Kier molecular flexibility index (Phi) is 6.12. The number of aromatic nitrogens is 2. The molecule has 0 aliphatic rings. The van der Waals surface area contributed by atoms with Crippen molar-refractivity contribution in [1.82, 2.24) is 10.2 Å². The van der Waals surface area contributed by atoms with Crippen molar-refractivity contribution in [2.45, 2.75) is 6.92 Å². The van der Waals surface area contributed by atoms with E-state index in [0.29, 0.717) is 16.3 Å². The quantitative estimate of drug-likeness (QED) is 0.284. The first kappa shape index (κ1) is 21.4. The first-order chi connectivity index (χ1) is 15.4. The van der Waals surface area contributed by atoms with Gasteiger partial charge in [0, 0.05) is 17.2 Å². The maximum atomic E-state index is 13.4. The minimum Gasteiger partial charge on any atom is -0.457 e. The normalized spacial score (nSPS) is 11.2. The summed E-state index contributed by atoms with van der Waals surface area (Å²) in [4.78, 5) is 12.6. The maximum absolute atomic E-state index is 13.4. The van der Waals surface area contributed by atoms with Crippen LogP contribution in [0.15, 0.2) is 64.6 Å². The number of amides is 1. The number of nitriles is 1. The number of aryl methyl sites for hydroxylation is 1. The van der Waals surface area contributed by atoms with Gasteiger partial charge < -0.3 is 4.42 Å². The lowest BCUT2D eigenvalue weighted by Gasteiger charge is -2.00. The van der Waals surface area contributed by atoms with Gasteiger partial charge >= 0.3 is 0 Å². The van der Waals surface area contributed by atoms with Crippen molar-refractivity contribution in [1.29, 1.82) is 5.26 Å². The Balaban J connectivity index is 1.51. The van der Waals surface area contributed by atoms with Gasteiger partial charge in [-0.2, -0.15) is 5.26 Å². The van der Waals surface area contributed by atoms with Crippen LogP contribution in [0.3, 0.4) is 0 Å². The topological polar surface area (TPSA) is 91.8 Å². The van der Waals surface area contributed by atoms with Crippen molar-refractivity contribution in [2.75, 3.05) is 5.32 Å². The molecule has 2 aromatic heterocycles. The molecule has 4 rings (SSSR count). The van der Waals surface area contributed by atoms with Crippen molar-refractivity contribution < 1.29 is 13.6 Å². The van der Waals surface area contributed by atoms with E-state index in [9.17, 15) is 14.4 Å². The molecule has 0 radical (unpaired) electrons. The zero-order chi connectivity index (χ0) is 22.7. The van der Waals surface area contributed by atoms with Crippen molar-refractivity contribution in [3.63, 3.8) is 0 Å². The zero-order valence-corrected chi connectivity index (χ0v) is 18.2. The predicted molar refractivity (Wildman–Crippen MR) is 121 cm³/mol. The van der Waals surface area contributed by atoms with Crippen molar-refractivity contribution in [3.05, 3.63) is 82.3 Å². The molecule has 2 aromatic carbocycles. The van der Waals surface area contributed by atoms with E-state index in [-0.39, 0.29) is 21.5 Å². The molecule has 0 saturated heterocycles. The van der Waals surface area contributed by atoms with Crippen LogP contribution in [-0.2, 0) is 4.79 Å². The molecule has 4 aromatic rings. The van der Waals surface area contributed by atoms with Crippen molar-refractivity contribution in [3.8, 4) is 28.0 Å². The van der Waals surface area contributed by atoms with E-state index in [1.807, 2.05) is 37.3 Å². The third-order valence-electron chi connectivity index (χ3n) is 4.50. The Hall–Kier alpha value is -3.80. The fourth-order valence-electron chi connectivity index (χ4n) is 2.89. The van der Waals surface area contributed by atoms with Gasteiger partial charge in [-0.15, -0.1) is 10.2 Å². The highest BCUT2D eigenvalue weighted by atomic mass is 35.5. The van der Waals surface area contributed by atoms with E-state index in [4.69, 9.17) is 16.0 Å². The smallest absolute Gasteiger partial charge is 0.268 e. The van der Waals surface area contributed by atoms with Gasteiger partial charge in [-0.05, 0) is 42.8 Å². The summed E-state index contributed by atoms with van der Waals surface area (Å²) < 4.78 is 19.0. The molecule has 158 valence electrons. The van der Waals surface area contributed by atoms with E-state index in [0.717, 1.165) is 11.1 Å². The summed E-state index contributed by atoms with van der Waals surface area (Å²) >= 11 is 7.02. The molecular formula is C23H14ClFN4O2S. The number of nitrogens with one attached hydrogen (secondary N) is 1. The third kappa shape index (κ3) is 4.59. The third-order valence-corrected chi connectivity index (χ3v) is 5.67. The highest BCUT2D eigenvalue weighted by Crippen LogP contribution is 2.29. The van der Waals surface area contributed by atoms with Gasteiger partial charge in [0.15, 0.2) is 0 Å². The van der Waals surface area contributed by atoms with Crippen LogP contribution < -0.4 is 5.32 Å². The summed E-state index contributed by atoms with van der Waals surface area (Å²) in [5.74, 6) is -0.469. The van der Waals surface area contributed by atoms with Crippen LogP contribution in [0.2, 0.25) is 5.02 Å². The minimum absolute atomic E-state index is 0.0322. The zero-order valence-electron chi connectivity index (χ0n) is 16.6. The lowest BCUT2D eigenvalue weighted by molar-refractivity contribution is -0.112. The summed E-state index contributed by atoms with van der Waals surface area (Å²) in [5, 5.41) is 21.0. The number of nitrogens with zero attached hydrogens (tertiary/aromatic N) is 3. The SMILES string of the molecule is Cc1ccccc1-c1nnc(NC(=O)/C(C#N)=C\c2ccc(-c3ccc(F)c(Cl)c3)o2)s1. The Morgan fingerprint density at radius 2 is 2.03 bits per heavy atom. The number of carbonyl (C=O) groups is 1. The van der Waals surface area contributed by atoms with Crippen LogP contribution >= 0.6 is 22.9 Å². The molecule has 0 bridgehead atoms. The fraction of sp³-hybridized carbons (Fsp3) is 0.0435. The van der Waals surface area contributed by atoms with Gasteiger partial charge in [-0.3, -0.25) is 10.1 Å². The van der Waals surface area contributed by atoms with E-state index >= 15 is 0 Å². The van der Waals surface area contributed by atoms with Gasteiger partial charge in [0.25, 0.3) is 5.91 Å². The average molecular weight is 465 g/mol. The number of carbonyl (C=O) groups excluding carboxylic acids is 1.